The fourth-order valence-electron chi connectivity index (χ4n) is 2.58. The van der Waals surface area contributed by atoms with Gasteiger partial charge in [0, 0.05) is 44.3 Å². The number of ether oxygens (including phenoxy) is 1. The zero-order valence-electron chi connectivity index (χ0n) is 12.8. The van der Waals surface area contributed by atoms with E-state index in [0.29, 0.717) is 24.8 Å². The maximum absolute atomic E-state index is 10.1. The molecule has 0 spiro atoms. The van der Waals surface area contributed by atoms with Crippen molar-refractivity contribution in [1.82, 2.24) is 9.80 Å². The van der Waals surface area contributed by atoms with Gasteiger partial charge in [0.25, 0.3) is 0 Å². The molecule has 0 bridgehead atoms. The van der Waals surface area contributed by atoms with Gasteiger partial charge in [-0.05, 0) is 17.7 Å². The van der Waals surface area contributed by atoms with Gasteiger partial charge < -0.3 is 14.9 Å². The van der Waals surface area contributed by atoms with Gasteiger partial charge in [-0.2, -0.15) is 0 Å². The highest BCUT2D eigenvalue weighted by atomic mass is 35.5. The molecule has 1 heterocycles. The average molecular weight is 329 g/mol. The molecule has 1 atom stereocenters. The maximum Gasteiger partial charge on any atom is 0.0900 e. The van der Waals surface area contributed by atoms with E-state index in [4.69, 9.17) is 21.4 Å². The quantitative estimate of drug-likeness (QED) is 0.740. The van der Waals surface area contributed by atoms with Crippen LogP contribution in [0.3, 0.4) is 0 Å². The Hall–Kier alpha value is -0.690. The van der Waals surface area contributed by atoms with Gasteiger partial charge in [0.1, 0.15) is 0 Å². The van der Waals surface area contributed by atoms with Crippen molar-refractivity contribution in [3.63, 3.8) is 0 Å². The lowest BCUT2D eigenvalue weighted by molar-refractivity contribution is 0.000521. The summed E-state index contributed by atoms with van der Waals surface area (Å²) in [6.45, 7) is 6.13. The van der Waals surface area contributed by atoms with Crippen LogP contribution < -0.4 is 0 Å². The first kappa shape index (κ1) is 17.7. The summed E-state index contributed by atoms with van der Waals surface area (Å²) >= 11 is 5.83. The van der Waals surface area contributed by atoms with Crippen LogP contribution in [0.25, 0.3) is 0 Å². The molecule has 124 valence electrons. The van der Waals surface area contributed by atoms with Gasteiger partial charge in [0.15, 0.2) is 0 Å². The van der Waals surface area contributed by atoms with Crippen LogP contribution in [0, 0.1) is 0 Å². The molecule has 0 unspecified atom stereocenters. The molecule has 0 saturated carbocycles. The van der Waals surface area contributed by atoms with E-state index in [0.717, 1.165) is 38.3 Å². The van der Waals surface area contributed by atoms with Gasteiger partial charge in [-0.25, -0.2) is 0 Å². The maximum atomic E-state index is 10.1. The summed E-state index contributed by atoms with van der Waals surface area (Å²) in [7, 11) is 0. The van der Waals surface area contributed by atoms with Gasteiger partial charge >= 0.3 is 0 Å². The summed E-state index contributed by atoms with van der Waals surface area (Å²) in [5, 5.41) is 19.7. The van der Waals surface area contributed by atoms with E-state index in [2.05, 4.69) is 9.80 Å². The molecule has 1 aliphatic rings. The third-order valence-electron chi connectivity index (χ3n) is 3.84. The second kappa shape index (κ2) is 9.45. The summed E-state index contributed by atoms with van der Waals surface area (Å²) < 4.78 is 5.56. The second-order valence-corrected chi connectivity index (χ2v) is 6.10. The average Bonchev–Trinajstić information content (AvgIpc) is 2.51. The standard InChI is InChI=1S/C16H25ClN2O3/c17-15-3-1-14(2-4-15)12-22-13-16(21)11-19-7-5-18(6-8-19)9-10-20/h1-4,16,20-21H,5-13H2/t16-/m0/s1. The molecule has 2 N–H and O–H groups in total. The number of aliphatic hydroxyl groups excluding tert-OH is 2. The van der Waals surface area contributed by atoms with Crippen LogP contribution in [-0.4, -0.2) is 78.6 Å². The van der Waals surface area contributed by atoms with E-state index in [1.807, 2.05) is 24.3 Å². The Kier molecular flexibility index (Phi) is 7.59. The van der Waals surface area contributed by atoms with Crippen molar-refractivity contribution in [2.75, 3.05) is 52.5 Å². The Morgan fingerprint density at radius 2 is 1.73 bits per heavy atom. The molecule has 2 rings (SSSR count). The Balaban J connectivity index is 1.60. The number of halogens is 1. The number of rotatable bonds is 8. The molecule has 6 heteroatoms. The van der Waals surface area contributed by atoms with Crippen LogP contribution in [0.5, 0.6) is 0 Å². The van der Waals surface area contributed by atoms with Crippen molar-refractivity contribution in [2.45, 2.75) is 12.7 Å². The van der Waals surface area contributed by atoms with Crippen molar-refractivity contribution in [1.29, 1.82) is 0 Å². The molecule has 1 saturated heterocycles. The summed E-state index contributed by atoms with van der Waals surface area (Å²) in [5.74, 6) is 0. The zero-order valence-corrected chi connectivity index (χ0v) is 13.6. The molecule has 22 heavy (non-hydrogen) atoms. The summed E-state index contributed by atoms with van der Waals surface area (Å²) in [4.78, 5) is 4.48. The third kappa shape index (κ3) is 6.20. The monoisotopic (exact) mass is 328 g/mol. The number of piperazine rings is 1. The lowest BCUT2D eigenvalue weighted by atomic mass is 10.2. The largest absolute Gasteiger partial charge is 0.395 e. The fraction of sp³-hybridized carbons (Fsp3) is 0.625. The number of hydrogen-bond acceptors (Lipinski definition) is 5. The molecule has 0 radical (unpaired) electrons. The molecule has 1 fully saturated rings. The minimum absolute atomic E-state index is 0.209. The normalized spacial score (nSPS) is 18.5. The lowest BCUT2D eigenvalue weighted by Gasteiger charge is -2.35. The smallest absolute Gasteiger partial charge is 0.0900 e. The van der Waals surface area contributed by atoms with Crippen LogP contribution in [0.1, 0.15) is 5.56 Å². The number of benzene rings is 1. The lowest BCUT2D eigenvalue weighted by Crippen LogP contribution is -2.49. The topological polar surface area (TPSA) is 56.2 Å². The summed E-state index contributed by atoms with van der Waals surface area (Å²) in [5.41, 5.74) is 1.05. The molecule has 1 aromatic rings. The number of hydrogen-bond donors (Lipinski definition) is 2. The fourth-order valence-corrected chi connectivity index (χ4v) is 2.71. The zero-order chi connectivity index (χ0) is 15.8. The number of aliphatic hydroxyl groups is 2. The summed E-state index contributed by atoms with van der Waals surface area (Å²) in [6, 6.07) is 7.52. The molecule has 1 aliphatic heterocycles. The minimum Gasteiger partial charge on any atom is -0.395 e. The summed E-state index contributed by atoms with van der Waals surface area (Å²) in [6.07, 6.45) is -0.475. The van der Waals surface area contributed by atoms with E-state index < -0.39 is 6.10 Å². The van der Waals surface area contributed by atoms with Crippen molar-refractivity contribution in [3.05, 3.63) is 34.9 Å². The van der Waals surface area contributed by atoms with Gasteiger partial charge in [0.05, 0.1) is 25.9 Å². The minimum atomic E-state index is -0.475. The Morgan fingerprint density at radius 3 is 2.36 bits per heavy atom. The highest BCUT2D eigenvalue weighted by Crippen LogP contribution is 2.10. The van der Waals surface area contributed by atoms with Gasteiger partial charge in [-0.15, -0.1) is 0 Å². The first-order valence-electron chi connectivity index (χ1n) is 7.73. The molecule has 0 amide bonds. The van der Waals surface area contributed by atoms with Crippen LogP contribution in [0.4, 0.5) is 0 Å². The number of nitrogens with zero attached hydrogens (tertiary/aromatic N) is 2. The molecule has 1 aromatic carbocycles. The van der Waals surface area contributed by atoms with Gasteiger partial charge in [-0.3, -0.25) is 9.80 Å². The van der Waals surface area contributed by atoms with Crippen LogP contribution >= 0.6 is 11.6 Å². The van der Waals surface area contributed by atoms with Crippen molar-refractivity contribution >= 4 is 11.6 Å². The van der Waals surface area contributed by atoms with E-state index in [9.17, 15) is 5.11 Å². The highest BCUT2D eigenvalue weighted by Gasteiger charge is 2.18. The first-order chi connectivity index (χ1) is 10.7. The molecular formula is C16H25ClN2O3. The van der Waals surface area contributed by atoms with E-state index >= 15 is 0 Å². The van der Waals surface area contributed by atoms with E-state index in [1.165, 1.54) is 0 Å². The van der Waals surface area contributed by atoms with Crippen LogP contribution in [0.2, 0.25) is 5.02 Å². The van der Waals surface area contributed by atoms with Crippen molar-refractivity contribution in [3.8, 4) is 0 Å². The predicted octanol–water partition coefficient (Wildman–Crippen LogP) is 0.827. The molecule has 5 nitrogen and oxygen atoms in total. The predicted molar refractivity (Wildman–Crippen MR) is 87.1 cm³/mol. The first-order valence-corrected chi connectivity index (χ1v) is 8.11. The molecule has 0 aliphatic carbocycles. The van der Waals surface area contributed by atoms with Crippen molar-refractivity contribution in [2.24, 2.45) is 0 Å². The third-order valence-corrected chi connectivity index (χ3v) is 4.09. The second-order valence-electron chi connectivity index (χ2n) is 5.66. The van der Waals surface area contributed by atoms with Gasteiger partial charge in [-0.1, -0.05) is 23.7 Å². The highest BCUT2D eigenvalue weighted by molar-refractivity contribution is 6.30. The van der Waals surface area contributed by atoms with E-state index in [-0.39, 0.29) is 6.61 Å². The molecular weight excluding hydrogens is 304 g/mol. The van der Waals surface area contributed by atoms with Crippen LogP contribution in [-0.2, 0) is 11.3 Å². The van der Waals surface area contributed by atoms with Crippen LogP contribution in [0.15, 0.2) is 24.3 Å². The number of β-amino-alcohol motifs (C(OH)–C–C–N with tert-alkyl or cyclic N) is 2. The Bertz CT molecular complexity index is 422. The van der Waals surface area contributed by atoms with Crippen molar-refractivity contribution < 1.29 is 14.9 Å². The Morgan fingerprint density at radius 1 is 1.09 bits per heavy atom. The van der Waals surface area contributed by atoms with E-state index in [1.54, 1.807) is 0 Å². The Labute approximate surface area is 137 Å². The SMILES string of the molecule is OCCN1CCN(C[C@H](O)COCc2ccc(Cl)cc2)CC1. The van der Waals surface area contributed by atoms with Gasteiger partial charge in [0.2, 0.25) is 0 Å². The molecule has 0 aromatic heterocycles.